The van der Waals surface area contributed by atoms with E-state index in [0.29, 0.717) is 0 Å². The zero-order valence-corrected chi connectivity index (χ0v) is 11.1. The van der Waals surface area contributed by atoms with Crippen molar-refractivity contribution in [3.8, 4) is 0 Å². The van der Waals surface area contributed by atoms with E-state index in [1.165, 1.54) is 0 Å². The topological polar surface area (TPSA) is 38.7 Å². The summed E-state index contributed by atoms with van der Waals surface area (Å²) in [5.74, 6) is 0. The first kappa shape index (κ1) is 11.5. The molecule has 0 bridgehead atoms. The summed E-state index contributed by atoms with van der Waals surface area (Å²) in [5, 5.41) is 1.21. The molecule has 82 valence electrons. The van der Waals surface area contributed by atoms with E-state index in [-0.39, 0.29) is 5.25 Å². The zero-order chi connectivity index (χ0) is 11.4. The third-order valence-electron chi connectivity index (χ3n) is 2.01. The fraction of sp³-hybridized carbons (Fsp3) is 0.182. The maximum absolute atomic E-state index is 4.31. The minimum atomic E-state index is 0.236. The first-order valence-corrected chi connectivity index (χ1v) is 6.47. The molecule has 5 heteroatoms. The highest BCUT2D eigenvalue weighted by Crippen LogP contribution is 2.35. The summed E-state index contributed by atoms with van der Waals surface area (Å²) in [7, 11) is 0. The Morgan fingerprint density at radius 2 is 2.12 bits per heavy atom. The summed E-state index contributed by atoms with van der Waals surface area (Å²) in [6.45, 7) is 2.09. The Hall–Kier alpha value is -0.940. The molecule has 0 fully saturated rings. The lowest BCUT2D eigenvalue weighted by molar-refractivity contribution is 0.966. The number of pyridine rings is 1. The molecule has 0 aliphatic rings. The van der Waals surface area contributed by atoms with Crippen LogP contribution >= 0.6 is 27.7 Å². The average Bonchev–Trinajstić information content (AvgIpc) is 2.33. The van der Waals surface area contributed by atoms with E-state index in [2.05, 4.69) is 37.8 Å². The minimum Gasteiger partial charge on any atom is -0.261 e. The summed E-state index contributed by atoms with van der Waals surface area (Å²) >= 11 is 5.14. The third kappa shape index (κ3) is 2.80. The van der Waals surface area contributed by atoms with Crippen molar-refractivity contribution in [3.63, 3.8) is 0 Å². The lowest BCUT2D eigenvalue weighted by Gasteiger charge is -2.09. The van der Waals surface area contributed by atoms with E-state index in [1.807, 2.05) is 12.1 Å². The molecule has 2 aromatic heterocycles. The molecule has 0 N–H and O–H groups in total. The maximum atomic E-state index is 4.31. The van der Waals surface area contributed by atoms with Crippen LogP contribution in [0.3, 0.4) is 0 Å². The van der Waals surface area contributed by atoms with Crippen LogP contribution < -0.4 is 0 Å². The van der Waals surface area contributed by atoms with Gasteiger partial charge < -0.3 is 0 Å². The molecule has 0 unspecified atom stereocenters. The predicted octanol–water partition coefficient (Wildman–Crippen LogP) is 3.49. The monoisotopic (exact) mass is 295 g/mol. The summed E-state index contributed by atoms with van der Waals surface area (Å²) in [5.41, 5.74) is 0.963. The van der Waals surface area contributed by atoms with E-state index < -0.39 is 0 Å². The number of halogens is 1. The van der Waals surface area contributed by atoms with Gasteiger partial charge in [0.1, 0.15) is 5.03 Å². The van der Waals surface area contributed by atoms with E-state index in [4.69, 9.17) is 0 Å². The molecule has 0 saturated heterocycles. The van der Waals surface area contributed by atoms with Crippen molar-refractivity contribution >= 4 is 27.7 Å². The SMILES string of the molecule is C[C@@H](Sc1ncccc1Br)c1cnccn1. The molecular weight excluding hydrogens is 286 g/mol. The zero-order valence-electron chi connectivity index (χ0n) is 8.67. The molecule has 0 aliphatic carbocycles. The van der Waals surface area contributed by atoms with Crippen molar-refractivity contribution in [2.75, 3.05) is 0 Å². The number of hydrogen-bond acceptors (Lipinski definition) is 4. The lowest BCUT2D eigenvalue weighted by Crippen LogP contribution is -1.94. The highest BCUT2D eigenvalue weighted by Gasteiger charge is 2.11. The smallest absolute Gasteiger partial charge is 0.111 e. The molecule has 0 saturated carbocycles. The molecular formula is C11H10BrN3S. The van der Waals surface area contributed by atoms with Gasteiger partial charge in [-0.05, 0) is 35.0 Å². The van der Waals surface area contributed by atoms with Gasteiger partial charge in [-0.25, -0.2) is 4.98 Å². The molecule has 0 aliphatic heterocycles. The van der Waals surface area contributed by atoms with E-state index in [9.17, 15) is 0 Å². The Morgan fingerprint density at radius 3 is 2.81 bits per heavy atom. The van der Waals surface area contributed by atoms with Crippen LogP contribution in [0, 0.1) is 0 Å². The predicted molar refractivity (Wildman–Crippen MR) is 68.2 cm³/mol. The van der Waals surface area contributed by atoms with Crippen molar-refractivity contribution in [2.24, 2.45) is 0 Å². The van der Waals surface area contributed by atoms with Crippen LogP contribution in [0.5, 0.6) is 0 Å². The van der Waals surface area contributed by atoms with Crippen LogP contribution in [0.1, 0.15) is 17.9 Å². The van der Waals surface area contributed by atoms with Gasteiger partial charge in [-0.2, -0.15) is 0 Å². The molecule has 2 aromatic rings. The number of nitrogens with zero attached hydrogens (tertiary/aromatic N) is 3. The fourth-order valence-corrected chi connectivity index (χ4v) is 2.62. The van der Waals surface area contributed by atoms with E-state index in [1.54, 1.807) is 36.5 Å². The molecule has 0 aromatic carbocycles. The molecule has 2 heterocycles. The fourth-order valence-electron chi connectivity index (χ4n) is 1.21. The van der Waals surface area contributed by atoms with E-state index >= 15 is 0 Å². The van der Waals surface area contributed by atoms with Gasteiger partial charge in [0.05, 0.1) is 10.9 Å². The number of hydrogen-bond donors (Lipinski definition) is 0. The van der Waals surface area contributed by atoms with Crippen molar-refractivity contribution in [2.45, 2.75) is 17.2 Å². The number of aromatic nitrogens is 3. The molecule has 0 radical (unpaired) electrons. The van der Waals surface area contributed by atoms with Gasteiger partial charge in [0.2, 0.25) is 0 Å². The van der Waals surface area contributed by atoms with Crippen molar-refractivity contribution < 1.29 is 0 Å². The van der Waals surface area contributed by atoms with Crippen molar-refractivity contribution in [3.05, 3.63) is 47.1 Å². The molecule has 2 rings (SSSR count). The van der Waals surface area contributed by atoms with Gasteiger partial charge in [0.15, 0.2) is 0 Å². The second kappa shape index (κ2) is 5.41. The van der Waals surface area contributed by atoms with E-state index in [0.717, 1.165) is 15.2 Å². The minimum absolute atomic E-state index is 0.236. The lowest BCUT2D eigenvalue weighted by atomic mass is 10.3. The summed E-state index contributed by atoms with van der Waals surface area (Å²) in [4.78, 5) is 12.7. The first-order valence-electron chi connectivity index (χ1n) is 4.80. The second-order valence-corrected chi connectivity index (χ2v) is 5.36. The molecule has 3 nitrogen and oxygen atoms in total. The van der Waals surface area contributed by atoms with Crippen LogP contribution in [-0.2, 0) is 0 Å². The van der Waals surface area contributed by atoms with Gasteiger partial charge in [0, 0.05) is 29.3 Å². The summed E-state index contributed by atoms with van der Waals surface area (Å²) < 4.78 is 1.01. The molecule has 0 spiro atoms. The van der Waals surface area contributed by atoms with Gasteiger partial charge in [-0.1, -0.05) is 11.8 Å². The maximum Gasteiger partial charge on any atom is 0.111 e. The Kier molecular flexibility index (Phi) is 3.90. The van der Waals surface area contributed by atoms with Crippen LogP contribution in [0.4, 0.5) is 0 Å². The normalized spacial score (nSPS) is 12.4. The van der Waals surface area contributed by atoms with Crippen molar-refractivity contribution in [1.82, 2.24) is 15.0 Å². The van der Waals surface area contributed by atoms with Crippen LogP contribution in [-0.4, -0.2) is 15.0 Å². The molecule has 0 amide bonds. The standard InChI is InChI=1S/C11H10BrN3S/c1-8(10-7-13-5-6-14-10)16-11-9(12)3-2-4-15-11/h2-8H,1H3/t8-/m1/s1. The van der Waals surface area contributed by atoms with Gasteiger partial charge >= 0.3 is 0 Å². The third-order valence-corrected chi connectivity index (χ3v) is 4.06. The largest absolute Gasteiger partial charge is 0.261 e. The molecule has 1 atom stereocenters. The van der Waals surface area contributed by atoms with Crippen LogP contribution in [0.25, 0.3) is 0 Å². The first-order chi connectivity index (χ1) is 7.77. The Bertz CT molecular complexity index is 464. The number of rotatable bonds is 3. The highest BCUT2D eigenvalue weighted by molar-refractivity contribution is 9.10. The second-order valence-electron chi connectivity index (χ2n) is 3.18. The highest BCUT2D eigenvalue weighted by atomic mass is 79.9. The quantitative estimate of drug-likeness (QED) is 0.813. The summed E-state index contributed by atoms with van der Waals surface area (Å²) in [6, 6.07) is 3.89. The Morgan fingerprint density at radius 1 is 1.25 bits per heavy atom. The van der Waals surface area contributed by atoms with Gasteiger partial charge in [-0.3, -0.25) is 9.97 Å². The van der Waals surface area contributed by atoms with Crippen LogP contribution in [0.2, 0.25) is 0 Å². The van der Waals surface area contributed by atoms with Gasteiger partial charge in [-0.15, -0.1) is 0 Å². The van der Waals surface area contributed by atoms with Crippen LogP contribution in [0.15, 0.2) is 46.4 Å². The number of thioether (sulfide) groups is 1. The van der Waals surface area contributed by atoms with Crippen molar-refractivity contribution in [1.29, 1.82) is 0 Å². The Labute approximate surface area is 107 Å². The Balaban J connectivity index is 2.14. The van der Waals surface area contributed by atoms with Gasteiger partial charge in [0.25, 0.3) is 0 Å². The summed E-state index contributed by atoms with van der Waals surface area (Å²) in [6.07, 6.45) is 6.96. The molecule has 16 heavy (non-hydrogen) atoms. The average molecular weight is 296 g/mol.